The van der Waals surface area contributed by atoms with Gasteiger partial charge in [-0.3, -0.25) is 19.2 Å². The molecule has 3 fully saturated rings. The van der Waals surface area contributed by atoms with Crippen LogP contribution in [0.25, 0.3) is 0 Å². The van der Waals surface area contributed by atoms with Crippen LogP contribution in [0.3, 0.4) is 0 Å². The Bertz CT molecular complexity index is 425. The van der Waals surface area contributed by atoms with Gasteiger partial charge in [-0.05, 0) is 12.3 Å². The van der Waals surface area contributed by atoms with Crippen molar-refractivity contribution < 1.29 is 28.7 Å². The minimum absolute atomic E-state index is 0.0138. The van der Waals surface area contributed by atoms with Gasteiger partial charge in [0.05, 0.1) is 24.2 Å². The van der Waals surface area contributed by atoms with Crippen molar-refractivity contribution in [3.63, 3.8) is 0 Å². The summed E-state index contributed by atoms with van der Waals surface area (Å²) in [5.74, 6) is -4.83. The molecule has 2 bridgehead atoms. The van der Waals surface area contributed by atoms with Gasteiger partial charge in [0.15, 0.2) is 0 Å². The first-order valence-corrected chi connectivity index (χ1v) is 5.08. The van der Waals surface area contributed by atoms with Crippen LogP contribution in [0.4, 0.5) is 0 Å². The van der Waals surface area contributed by atoms with Gasteiger partial charge in [0.1, 0.15) is 0 Å². The molecule has 16 heavy (non-hydrogen) atoms. The topological polar surface area (TPSA) is 86.7 Å². The van der Waals surface area contributed by atoms with Gasteiger partial charge < -0.3 is 9.47 Å². The molecule has 2 saturated heterocycles. The van der Waals surface area contributed by atoms with Crippen LogP contribution in [0, 0.1) is 23.7 Å². The van der Waals surface area contributed by atoms with Gasteiger partial charge >= 0.3 is 23.9 Å². The Hall–Kier alpha value is -1.72. The lowest BCUT2D eigenvalue weighted by Gasteiger charge is -2.24. The van der Waals surface area contributed by atoms with Crippen molar-refractivity contribution in [3.05, 3.63) is 0 Å². The minimum atomic E-state index is -0.694. The van der Waals surface area contributed by atoms with Crippen LogP contribution < -0.4 is 0 Å². The first-order chi connectivity index (χ1) is 7.58. The molecule has 2 aliphatic heterocycles. The number of carbonyl (C=O) groups excluding carboxylic acids is 4. The fourth-order valence-corrected chi connectivity index (χ4v) is 2.93. The maximum absolute atomic E-state index is 11.5. The Morgan fingerprint density at radius 2 is 1.56 bits per heavy atom. The first-order valence-electron chi connectivity index (χ1n) is 5.08. The van der Waals surface area contributed by atoms with Crippen molar-refractivity contribution in [1.82, 2.24) is 0 Å². The summed E-state index contributed by atoms with van der Waals surface area (Å²) in [6.07, 6.45) is 0.315. The van der Waals surface area contributed by atoms with Crippen molar-refractivity contribution in [2.75, 3.05) is 0 Å². The molecule has 84 valence electrons. The van der Waals surface area contributed by atoms with Crippen molar-refractivity contribution in [1.29, 1.82) is 0 Å². The molecule has 0 amide bonds. The van der Waals surface area contributed by atoms with Crippen LogP contribution in [0.2, 0.25) is 0 Å². The maximum Gasteiger partial charge on any atom is 0.317 e. The molecule has 0 N–H and O–H groups in total. The number of esters is 4. The third-order valence-corrected chi connectivity index (χ3v) is 3.62. The van der Waals surface area contributed by atoms with Crippen LogP contribution in [0.15, 0.2) is 0 Å². The molecule has 6 heteroatoms. The lowest BCUT2D eigenvalue weighted by molar-refractivity contribution is -0.174. The first kappa shape index (κ1) is 9.50. The van der Waals surface area contributed by atoms with E-state index < -0.39 is 47.5 Å². The fourth-order valence-electron chi connectivity index (χ4n) is 2.93. The van der Waals surface area contributed by atoms with E-state index in [1.165, 1.54) is 0 Å². The van der Waals surface area contributed by atoms with Crippen LogP contribution in [-0.4, -0.2) is 23.9 Å². The van der Waals surface area contributed by atoms with E-state index in [-0.39, 0.29) is 6.42 Å². The quantitative estimate of drug-likeness (QED) is 0.404. The van der Waals surface area contributed by atoms with E-state index in [0.717, 1.165) is 0 Å². The van der Waals surface area contributed by atoms with Crippen molar-refractivity contribution >= 4 is 23.9 Å². The van der Waals surface area contributed by atoms with Gasteiger partial charge in [-0.15, -0.1) is 0 Å². The van der Waals surface area contributed by atoms with Crippen LogP contribution in [0.5, 0.6) is 0 Å². The molecule has 0 aromatic carbocycles. The normalized spacial score (nSPS) is 41.5. The molecule has 3 rings (SSSR count). The zero-order valence-electron chi connectivity index (χ0n) is 8.17. The third-order valence-electron chi connectivity index (χ3n) is 3.62. The smallest absolute Gasteiger partial charge is 0.317 e. The summed E-state index contributed by atoms with van der Waals surface area (Å²) in [4.78, 5) is 45.5. The second kappa shape index (κ2) is 2.90. The van der Waals surface area contributed by atoms with E-state index in [0.29, 0.717) is 6.42 Å². The molecule has 2 heterocycles. The highest BCUT2D eigenvalue weighted by Gasteiger charge is 2.60. The number of fused-ring (bicyclic) bond motifs is 5. The molecule has 0 radical (unpaired) electrons. The molecule has 6 nitrogen and oxygen atoms in total. The van der Waals surface area contributed by atoms with Gasteiger partial charge in [0.2, 0.25) is 0 Å². The van der Waals surface area contributed by atoms with Crippen LogP contribution >= 0.6 is 0 Å². The molecule has 0 aromatic rings. The van der Waals surface area contributed by atoms with Gasteiger partial charge in [0, 0.05) is 0 Å². The zero-order chi connectivity index (χ0) is 11.4. The second-order valence-electron chi connectivity index (χ2n) is 4.38. The summed E-state index contributed by atoms with van der Waals surface area (Å²) in [5.41, 5.74) is 0. The highest BCUT2D eigenvalue weighted by Crippen LogP contribution is 2.49. The Labute approximate surface area is 89.9 Å². The Morgan fingerprint density at radius 3 is 2.31 bits per heavy atom. The number of hydrogen-bond donors (Lipinski definition) is 0. The van der Waals surface area contributed by atoms with E-state index in [1.54, 1.807) is 0 Å². The number of ether oxygens (including phenoxy) is 2. The Balaban J connectivity index is 2.02. The number of carbonyl (C=O) groups is 4. The predicted molar refractivity (Wildman–Crippen MR) is 45.4 cm³/mol. The van der Waals surface area contributed by atoms with Crippen molar-refractivity contribution in [2.45, 2.75) is 12.8 Å². The lowest BCUT2D eigenvalue weighted by atomic mass is 9.83. The van der Waals surface area contributed by atoms with Crippen LogP contribution in [0.1, 0.15) is 12.8 Å². The summed E-state index contributed by atoms with van der Waals surface area (Å²) >= 11 is 0. The molecule has 3 aliphatic rings. The average molecular weight is 224 g/mol. The molecular weight excluding hydrogens is 216 g/mol. The summed E-state index contributed by atoms with van der Waals surface area (Å²) in [6.45, 7) is 0. The van der Waals surface area contributed by atoms with E-state index in [2.05, 4.69) is 9.47 Å². The SMILES string of the molecule is O=C1C[C@@H]2[C@@H](C(=O)O1)[C@H]1C[C@H]2C(=O)OC1=O. The van der Waals surface area contributed by atoms with Crippen molar-refractivity contribution in [3.8, 4) is 0 Å². The lowest BCUT2D eigenvalue weighted by Crippen LogP contribution is -2.37. The van der Waals surface area contributed by atoms with E-state index in [4.69, 9.17) is 0 Å². The maximum atomic E-state index is 11.5. The van der Waals surface area contributed by atoms with Gasteiger partial charge in [-0.2, -0.15) is 0 Å². The summed E-state index contributed by atoms with van der Waals surface area (Å²) in [5, 5.41) is 0. The molecule has 0 spiro atoms. The minimum Gasteiger partial charge on any atom is -0.393 e. The highest BCUT2D eigenvalue weighted by molar-refractivity contribution is 5.99. The molecule has 1 saturated carbocycles. The van der Waals surface area contributed by atoms with Gasteiger partial charge in [-0.1, -0.05) is 0 Å². The summed E-state index contributed by atoms with van der Waals surface area (Å²) < 4.78 is 9.05. The summed E-state index contributed by atoms with van der Waals surface area (Å²) in [7, 11) is 0. The van der Waals surface area contributed by atoms with Crippen molar-refractivity contribution in [2.24, 2.45) is 23.7 Å². The third kappa shape index (κ3) is 1.07. The predicted octanol–water partition coefficient (Wildman–Crippen LogP) is -0.588. The van der Waals surface area contributed by atoms with Gasteiger partial charge in [0.25, 0.3) is 0 Å². The molecule has 0 unspecified atom stereocenters. The van der Waals surface area contributed by atoms with E-state index in [9.17, 15) is 19.2 Å². The monoisotopic (exact) mass is 224 g/mol. The standard InChI is InChI=1S/C10H8O6/c11-6-2-3-4-1-5(7(3)10(14)15-6)9(13)16-8(4)12/h3-5,7H,1-2H2/t3-,4+,5+,7+/m0/s1. The zero-order valence-corrected chi connectivity index (χ0v) is 8.17. The number of hydrogen-bond acceptors (Lipinski definition) is 6. The number of rotatable bonds is 0. The number of cyclic esters (lactones) is 4. The highest BCUT2D eigenvalue weighted by atomic mass is 16.6. The molecular formula is C10H8O6. The summed E-state index contributed by atoms with van der Waals surface area (Å²) in [6, 6.07) is 0. The molecule has 1 aliphatic carbocycles. The van der Waals surface area contributed by atoms with E-state index >= 15 is 0 Å². The Morgan fingerprint density at radius 1 is 0.875 bits per heavy atom. The average Bonchev–Trinajstić information content (AvgIpc) is 2.52. The van der Waals surface area contributed by atoms with Gasteiger partial charge in [-0.25, -0.2) is 0 Å². The Kier molecular flexibility index (Phi) is 1.72. The molecule has 4 atom stereocenters. The van der Waals surface area contributed by atoms with E-state index in [1.807, 2.05) is 0 Å². The second-order valence-corrected chi connectivity index (χ2v) is 4.38. The van der Waals surface area contributed by atoms with Crippen LogP contribution in [-0.2, 0) is 28.7 Å². The largest absolute Gasteiger partial charge is 0.393 e. The molecule has 0 aromatic heterocycles. The fraction of sp³-hybridized carbons (Fsp3) is 0.600.